The first-order valence-corrected chi connectivity index (χ1v) is 5.48. The lowest BCUT2D eigenvalue weighted by Crippen LogP contribution is -2.49. The van der Waals surface area contributed by atoms with Gasteiger partial charge in [-0.2, -0.15) is 0 Å². The number of nitrogens with two attached hydrogens (primary N) is 1. The zero-order valence-electron chi connectivity index (χ0n) is 8.84. The molecule has 0 saturated heterocycles. The van der Waals surface area contributed by atoms with Crippen molar-refractivity contribution in [2.24, 2.45) is 5.73 Å². The molecule has 3 heteroatoms. The summed E-state index contributed by atoms with van der Waals surface area (Å²) in [4.78, 5) is 0. The van der Waals surface area contributed by atoms with Crippen LogP contribution in [0.2, 0.25) is 0 Å². The van der Waals surface area contributed by atoms with Gasteiger partial charge in [0.05, 0.1) is 0 Å². The molecule has 1 saturated carbocycles. The van der Waals surface area contributed by atoms with Crippen molar-refractivity contribution in [3.63, 3.8) is 0 Å². The highest BCUT2D eigenvalue weighted by Crippen LogP contribution is 2.17. The van der Waals surface area contributed by atoms with Gasteiger partial charge in [0.25, 0.3) is 0 Å². The third-order valence-electron chi connectivity index (χ3n) is 2.73. The lowest BCUT2D eigenvalue weighted by Gasteiger charge is -2.34. The van der Waals surface area contributed by atoms with Crippen LogP contribution >= 0.6 is 0 Å². The maximum Gasteiger partial charge on any atom is 0.00965 e. The van der Waals surface area contributed by atoms with Crippen LogP contribution in [0.15, 0.2) is 0 Å². The van der Waals surface area contributed by atoms with E-state index in [1.807, 2.05) is 0 Å². The van der Waals surface area contributed by atoms with E-state index in [0.29, 0.717) is 18.1 Å². The number of nitrogens with one attached hydrogen (secondary N) is 2. The molecule has 2 atom stereocenters. The van der Waals surface area contributed by atoms with E-state index in [9.17, 15) is 0 Å². The van der Waals surface area contributed by atoms with Crippen LogP contribution < -0.4 is 16.4 Å². The summed E-state index contributed by atoms with van der Waals surface area (Å²) in [6.45, 7) is 6.41. The molecular formula is C10H23N3. The Morgan fingerprint density at radius 2 is 1.46 bits per heavy atom. The van der Waals surface area contributed by atoms with Gasteiger partial charge in [0.15, 0.2) is 0 Å². The summed E-state index contributed by atoms with van der Waals surface area (Å²) in [6.07, 6.45) is 3.50. The van der Waals surface area contributed by atoms with E-state index in [1.165, 1.54) is 6.42 Å². The molecule has 0 heterocycles. The van der Waals surface area contributed by atoms with Crippen LogP contribution in [0, 0.1) is 0 Å². The Balaban J connectivity index is 2.33. The first-order valence-electron chi connectivity index (χ1n) is 5.48. The third-order valence-corrected chi connectivity index (χ3v) is 2.73. The highest BCUT2D eigenvalue weighted by Gasteiger charge is 2.25. The molecule has 13 heavy (non-hydrogen) atoms. The maximum atomic E-state index is 6.00. The highest BCUT2D eigenvalue weighted by molar-refractivity contribution is 4.87. The predicted molar refractivity (Wildman–Crippen MR) is 56.8 cm³/mol. The van der Waals surface area contributed by atoms with Crippen molar-refractivity contribution in [3.8, 4) is 0 Å². The van der Waals surface area contributed by atoms with Crippen LogP contribution in [0.1, 0.15) is 33.1 Å². The van der Waals surface area contributed by atoms with Gasteiger partial charge in [-0.15, -0.1) is 0 Å². The molecule has 3 nitrogen and oxygen atoms in total. The van der Waals surface area contributed by atoms with Crippen molar-refractivity contribution < 1.29 is 0 Å². The molecule has 0 aromatic heterocycles. The van der Waals surface area contributed by atoms with Crippen molar-refractivity contribution in [2.45, 2.75) is 51.2 Å². The maximum absolute atomic E-state index is 6.00. The van der Waals surface area contributed by atoms with Crippen molar-refractivity contribution in [1.82, 2.24) is 10.6 Å². The van der Waals surface area contributed by atoms with Gasteiger partial charge in [-0.25, -0.2) is 0 Å². The van der Waals surface area contributed by atoms with Gasteiger partial charge in [0.2, 0.25) is 0 Å². The monoisotopic (exact) mass is 185 g/mol. The number of hydrogen-bond acceptors (Lipinski definition) is 3. The summed E-state index contributed by atoms with van der Waals surface area (Å²) in [7, 11) is 0. The molecule has 0 spiro atoms. The zero-order valence-corrected chi connectivity index (χ0v) is 8.84. The average molecular weight is 185 g/mol. The highest BCUT2D eigenvalue weighted by atomic mass is 15.0. The molecule has 0 aromatic rings. The summed E-state index contributed by atoms with van der Waals surface area (Å²) in [5.74, 6) is 0. The minimum Gasteiger partial charge on any atom is -0.328 e. The molecule has 4 N–H and O–H groups in total. The normalized spacial score (nSPS) is 34.8. The zero-order chi connectivity index (χ0) is 9.68. The summed E-state index contributed by atoms with van der Waals surface area (Å²) in [6, 6.07) is 1.62. The fourth-order valence-corrected chi connectivity index (χ4v) is 2.27. The second-order valence-corrected chi connectivity index (χ2v) is 3.98. The summed E-state index contributed by atoms with van der Waals surface area (Å²) in [5.41, 5.74) is 6.00. The first-order chi connectivity index (χ1) is 6.26. The standard InChI is InChI=1S/C10H23N3/c1-3-12-9-5-8(11)6-10(7-9)13-4-2/h8-10,12-13H,3-7,11H2,1-2H3. The molecule has 2 unspecified atom stereocenters. The van der Waals surface area contributed by atoms with Crippen molar-refractivity contribution in [1.29, 1.82) is 0 Å². The largest absolute Gasteiger partial charge is 0.328 e. The van der Waals surface area contributed by atoms with Crippen molar-refractivity contribution in [2.75, 3.05) is 13.1 Å². The van der Waals surface area contributed by atoms with Crippen LogP contribution in [0.4, 0.5) is 0 Å². The fourth-order valence-electron chi connectivity index (χ4n) is 2.27. The van der Waals surface area contributed by atoms with Crippen LogP contribution in [0.5, 0.6) is 0 Å². The van der Waals surface area contributed by atoms with Gasteiger partial charge in [0, 0.05) is 18.1 Å². The van der Waals surface area contributed by atoms with Crippen LogP contribution in [-0.2, 0) is 0 Å². The predicted octanol–water partition coefficient (Wildman–Crippen LogP) is 0.454. The van der Waals surface area contributed by atoms with Crippen LogP contribution in [-0.4, -0.2) is 31.2 Å². The first kappa shape index (κ1) is 11.0. The molecular weight excluding hydrogens is 162 g/mol. The Kier molecular flexibility index (Phi) is 4.70. The average Bonchev–Trinajstić information content (AvgIpc) is 2.04. The quantitative estimate of drug-likeness (QED) is 0.596. The van der Waals surface area contributed by atoms with Crippen molar-refractivity contribution >= 4 is 0 Å². The van der Waals surface area contributed by atoms with E-state index >= 15 is 0 Å². The SMILES string of the molecule is CCNC1CC(N)CC(NCC)C1. The van der Waals surface area contributed by atoms with E-state index in [-0.39, 0.29) is 0 Å². The molecule has 0 amide bonds. The lowest BCUT2D eigenvalue weighted by atomic mass is 9.87. The minimum absolute atomic E-state index is 0.377. The molecule has 1 aliphatic carbocycles. The van der Waals surface area contributed by atoms with Crippen LogP contribution in [0.25, 0.3) is 0 Å². The molecule has 0 bridgehead atoms. The molecule has 78 valence electrons. The van der Waals surface area contributed by atoms with E-state index < -0.39 is 0 Å². The third kappa shape index (κ3) is 3.63. The summed E-state index contributed by atoms with van der Waals surface area (Å²) in [5, 5.41) is 6.97. The van der Waals surface area contributed by atoms with Gasteiger partial charge in [0.1, 0.15) is 0 Å². The van der Waals surface area contributed by atoms with Gasteiger partial charge in [-0.05, 0) is 32.4 Å². The Bertz CT molecular complexity index is 124. The molecule has 0 aliphatic heterocycles. The van der Waals surface area contributed by atoms with Gasteiger partial charge < -0.3 is 16.4 Å². The van der Waals surface area contributed by atoms with E-state index in [1.54, 1.807) is 0 Å². The Morgan fingerprint density at radius 1 is 1.00 bits per heavy atom. The molecule has 1 fully saturated rings. The second-order valence-electron chi connectivity index (χ2n) is 3.98. The number of rotatable bonds is 4. The second kappa shape index (κ2) is 5.58. The van der Waals surface area contributed by atoms with Crippen molar-refractivity contribution in [3.05, 3.63) is 0 Å². The van der Waals surface area contributed by atoms with Gasteiger partial charge >= 0.3 is 0 Å². The summed E-state index contributed by atoms with van der Waals surface area (Å²) >= 11 is 0. The van der Waals surface area contributed by atoms with E-state index in [2.05, 4.69) is 24.5 Å². The fraction of sp³-hybridized carbons (Fsp3) is 1.00. The Morgan fingerprint density at radius 3 is 1.85 bits per heavy atom. The lowest BCUT2D eigenvalue weighted by molar-refractivity contribution is 0.281. The molecule has 0 aromatic carbocycles. The van der Waals surface area contributed by atoms with Gasteiger partial charge in [-0.3, -0.25) is 0 Å². The molecule has 0 radical (unpaired) electrons. The smallest absolute Gasteiger partial charge is 0.00965 e. The topological polar surface area (TPSA) is 50.1 Å². The Labute approximate surface area is 81.5 Å². The van der Waals surface area contributed by atoms with Crippen LogP contribution in [0.3, 0.4) is 0 Å². The molecule has 1 rings (SSSR count). The Hall–Kier alpha value is -0.120. The molecule has 1 aliphatic rings. The number of hydrogen-bond donors (Lipinski definition) is 3. The van der Waals surface area contributed by atoms with E-state index in [4.69, 9.17) is 5.73 Å². The summed E-state index contributed by atoms with van der Waals surface area (Å²) < 4.78 is 0. The van der Waals surface area contributed by atoms with E-state index in [0.717, 1.165) is 25.9 Å². The minimum atomic E-state index is 0.377. The van der Waals surface area contributed by atoms with Gasteiger partial charge in [-0.1, -0.05) is 13.8 Å².